The van der Waals surface area contributed by atoms with E-state index in [1.54, 1.807) is 7.05 Å². The predicted molar refractivity (Wildman–Crippen MR) is 78.1 cm³/mol. The van der Waals surface area contributed by atoms with Crippen molar-refractivity contribution in [1.82, 2.24) is 10.6 Å². The van der Waals surface area contributed by atoms with Crippen LogP contribution in [0.4, 0.5) is 0 Å². The van der Waals surface area contributed by atoms with Gasteiger partial charge in [0.2, 0.25) is 5.91 Å². The van der Waals surface area contributed by atoms with Gasteiger partial charge >= 0.3 is 0 Å². The number of rotatable bonds is 5. The van der Waals surface area contributed by atoms with Crippen LogP contribution in [0.25, 0.3) is 0 Å². The molecule has 0 aliphatic carbocycles. The van der Waals surface area contributed by atoms with Gasteiger partial charge in [0.25, 0.3) is 0 Å². The summed E-state index contributed by atoms with van der Waals surface area (Å²) < 4.78 is 6.07. The Morgan fingerprint density at radius 1 is 1.32 bits per heavy atom. The molecule has 1 heterocycles. The van der Waals surface area contributed by atoms with Crippen molar-refractivity contribution in [2.75, 3.05) is 7.05 Å². The van der Waals surface area contributed by atoms with Crippen molar-refractivity contribution < 1.29 is 9.53 Å². The lowest BCUT2D eigenvalue weighted by Crippen LogP contribution is -2.53. The van der Waals surface area contributed by atoms with Crippen molar-refractivity contribution in [2.45, 2.75) is 77.7 Å². The van der Waals surface area contributed by atoms with E-state index >= 15 is 0 Å². The lowest BCUT2D eigenvalue weighted by molar-refractivity contribution is -0.123. The molecule has 1 fully saturated rings. The summed E-state index contributed by atoms with van der Waals surface area (Å²) in [5, 5.41) is 6.26. The molecule has 2 N–H and O–H groups in total. The van der Waals surface area contributed by atoms with Crippen LogP contribution in [0.3, 0.4) is 0 Å². The van der Waals surface area contributed by atoms with Crippen LogP contribution in [0.1, 0.15) is 54.4 Å². The normalized spacial score (nSPS) is 26.4. The Kier molecular flexibility index (Phi) is 5.02. The SMILES string of the molecule is CNC(=O)C(CC(C)C)NC1CC(C)(C)OC1(C)C. The first-order chi connectivity index (χ1) is 8.57. The molecule has 2 unspecified atom stereocenters. The van der Waals surface area contributed by atoms with E-state index in [-0.39, 0.29) is 29.2 Å². The molecule has 1 aliphatic heterocycles. The molecule has 0 saturated carbocycles. The first-order valence-electron chi connectivity index (χ1n) is 7.25. The summed E-state index contributed by atoms with van der Waals surface area (Å²) in [6.07, 6.45) is 1.76. The monoisotopic (exact) mass is 270 g/mol. The third-order valence-electron chi connectivity index (χ3n) is 3.75. The molecular weight excluding hydrogens is 240 g/mol. The number of hydrogen-bond acceptors (Lipinski definition) is 3. The fourth-order valence-electron chi connectivity index (χ4n) is 2.96. The average Bonchev–Trinajstić information content (AvgIpc) is 2.43. The number of carbonyl (C=O) groups excluding carboxylic acids is 1. The van der Waals surface area contributed by atoms with Crippen LogP contribution in [-0.4, -0.2) is 36.2 Å². The third-order valence-corrected chi connectivity index (χ3v) is 3.75. The van der Waals surface area contributed by atoms with E-state index in [2.05, 4.69) is 52.2 Å². The molecule has 0 aromatic heterocycles. The molecule has 1 amide bonds. The summed E-state index contributed by atoms with van der Waals surface area (Å²) in [6, 6.07) is 0.0512. The van der Waals surface area contributed by atoms with Crippen molar-refractivity contribution in [3.05, 3.63) is 0 Å². The Balaban J connectivity index is 2.76. The van der Waals surface area contributed by atoms with Crippen molar-refractivity contribution in [1.29, 1.82) is 0 Å². The minimum Gasteiger partial charge on any atom is -0.368 e. The maximum atomic E-state index is 12.0. The van der Waals surface area contributed by atoms with Crippen LogP contribution in [0.2, 0.25) is 0 Å². The number of ether oxygens (including phenoxy) is 1. The predicted octanol–water partition coefficient (Wildman–Crippen LogP) is 2.08. The minimum absolute atomic E-state index is 0.0641. The van der Waals surface area contributed by atoms with E-state index in [4.69, 9.17) is 4.74 Å². The van der Waals surface area contributed by atoms with E-state index in [9.17, 15) is 4.79 Å². The lowest BCUT2D eigenvalue weighted by Gasteiger charge is -2.31. The Labute approximate surface area is 117 Å². The minimum atomic E-state index is -0.243. The Morgan fingerprint density at radius 3 is 2.26 bits per heavy atom. The molecule has 2 atom stereocenters. The second kappa shape index (κ2) is 5.80. The average molecular weight is 270 g/mol. The van der Waals surface area contributed by atoms with Crippen LogP contribution in [0, 0.1) is 5.92 Å². The molecule has 0 aromatic rings. The molecule has 112 valence electrons. The maximum Gasteiger partial charge on any atom is 0.236 e. The van der Waals surface area contributed by atoms with Gasteiger partial charge in [-0.2, -0.15) is 0 Å². The van der Waals surface area contributed by atoms with Crippen LogP contribution < -0.4 is 10.6 Å². The molecule has 0 aromatic carbocycles. The first-order valence-corrected chi connectivity index (χ1v) is 7.25. The zero-order valence-electron chi connectivity index (χ0n) is 13.5. The van der Waals surface area contributed by atoms with Gasteiger partial charge < -0.3 is 15.4 Å². The van der Waals surface area contributed by atoms with Crippen LogP contribution in [-0.2, 0) is 9.53 Å². The number of likely N-dealkylation sites (N-methyl/N-ethyl adjacent to an activating group) is 1. The summed E-state index contributed by atoms with van der Waals surface area (Å²) in [4.78, 5) is 12.0. The fraction of sp³-hybridized carbons (Fsp3) is 0.933. The van der Waals surface area contributed by atoms with E-state index in [1.807, 2.05) is 0 Å². The van der Waals surface area contributed by atoms with Gasteiger partial charge in [-0.1, -0.05) is 13.8 Å². The fourth-order valence-corrected chi connectivity index (χ4v) is 2.96. The van der Waals surface area contributed by atoms with Crippen molar-refractivity contribution in [3.63, 3.8) is 0 Å². The van der Waals surface area contributed by atoms with Gasteiger partial charge in [0.15, 0.2) is 0 Å². The summed E-state index contributed by atoms with van der Waals surface area (Å²) in [5.74, 6) is 0.544. The van der Waals surface area contributed by atoms with E-state index < -0.39 is 0 Å². The van der Waals surface area contributed by atoms with Crippen molar-refractivity contribution in [2.24, 2.45) is 5.92 Å². The van der Waals surface area contributed by atoms with Crippen LogP contribution in [0.15, 0.2) is 0 Å². The highest BCUT2D eigenvalue weighted by molar-refractivity contribution is 5.81. The lowest BCUT2D eigenvalue weighted by atomic mass is 9.92. The molecule has 4 nitrogen and oxygen atoms in total. The quantitative estimate of drug-likeness (QED) is 0.804. The Bertz CT molecular complexity index is 324. The summed E-state index contributed by atoms with van der Waals surface area (Å²) in [6.45, 7) is 12.7. The molecule has 0 bridgehead atoms. The van der Waals surface area contributed by atoms with Gasteiger partial charge in [-0.15, -0.1) is 0 Å². The zero-order valence-corrected chi connectivity index (χ0v) is 13.5. The highest BCUT2D eigenvalue weighted by Gasteiger charge is 2.46. The standard InChI is InChI=1S/C15H30N2O2/c1-10(2)8-11(13(18)16-7)17-12-9-14(3,4)19-15(12,5)6/h10-12,17H,8-9H2,1-7H3,(H,16,18). The molecule has 0 spiro atoms. The Hall–Kier alpha value is -0.610. The highest BCUT2D eigenvalue weighted by Crippen LogP contribution is 2.37. The highest BCUT2D eigenvalue weighted by atomic mass is 16.5. The Morgan fingerprint density at radius 2 is 1.89 bits per heavy atom. The second-order valence-electron chi connectivity index (χ2n) is 7.18. The molecule has 4 heteroatoms. The summed E-state index contributed by atoms with van der Waals surface area (Å²) in [5.41, 5.74) is -0.376. The van der Waals surface area contributed by atoms with Gasteiger partial charge in [0.1, 0.15) is 0 Å². The molecule has 1 aliphatic rings. The van der Waals surface area contributed by atoms with Gasteiger partial charge in [-0.25, -0.2) is 0 Å². The number of carbonyl (C=O) groups is 1. The van der Waals surface area contributed by atoms with E-state index in [0.29, 0.717) is 5.92 Å². The van der Waals surface area contributed by atoms with Crippen molar-refractivity contribution in [3.8, 4) is 0 Å². The third kappa shape index (κ3) is 4.46. The van der Waals surface area contributed by atoms with Gasteiger partial charge in [0, 0.05) is 13.1 Å². The van der Waals surface area contributed by atoms with Gasteiger partial charge in [-0.3, -0.25) is 4.79 Å². The van der Waals surface area contributed by atoms with Gasteiger partial charge in [-0.05, 0) is 46.5 Å². The zero-order chi connectivity index (χ0) is 14.8. The first kappa shape index (κ1) is 16.4. The number of hydrogen-bond donors (Lipinski definition) is 2. The molecule has 1 rings (SSSR count). The van der Waals surface area contributed by atoms with Gasteiger partial charge in [0.05, 0.1) is 17.2 Å². The topological polar surface area (TPSA) is 50.4 Å². The molecule has 0 radical (unpaired) electrons. The smallest absolute Gasteiger partial charge is 0.236 e. The summed E-state index contributed by atoms with van der Waals surface area (Å²) >= 11 is 0. The summed E-state index contributed by atoms with van der Waals surface area (Å²) in [7, 11) is 1.69. The number of nitrogens with one attached hydrogen (secondary N) is 2. The number of amides is 1. The molecular formula is C15H30N2O2. The van der Waals surface area contributed by atoms with Crippen LogP contribution >= 0.6 is 0 Å². The maximum absolute atomic E-state index is 12.0. The largest absolute Gasteiger partial charge is 0.368 e. The molecule has 19 heavy (non-hydrogen) atoms. The molecule has 1 saturated heterocycles. The van der Waals surface area contributed by atoms with E-state index in [1.165, 1.54) is 0 Å². The second-order valence-corrected chi connectivity index (χ2v) is 7.18. The van der Waals surface area contributed by atoms with Crippen LogP contribution in [0.5, 0.6) is 0 Å². The van der Waals surface area contributed by atoms with Crippen molar-refractivity contribution >= 4 is 5.91 Å². The van der Waals surface area contributed by atoms with E-state index in [0.717, 1.165) is 12.8 Å².